The molecule has 1 fully saturated rings. The van der Waals surface area contributed by atoms with Gasteiger partial charge in [-0.1, -0.05) is 24.3 Å². The fourth-order valence-electron chi connectivity index (χ4n) is 2.25. The maximum atomic E-state index is 12.5. The molecule has 1 saturated heterocycles. The summed E-state index contributed by atoms with van der Waals surface area (Å²) in [5.74, 6) is 0. The fraction of sp³-hybridized carbons (Fsp3) is 0.250. The standard InChI is InChI=1S/C16H17NO3S2/c18-22(19,17-9-11-20-12-10-17)16-7-4-14(5-8-16)3-6-15-2-1-13-21-15/h1-8,13H,9-12H2/b6-3+. The van der Waals surface area contributed by atoms with E-state index in [2.05, 4.69) is 0 Å². The average Bonchev–Trinajstić information content (AvgIpc) is 3.08. The Bertz CT molecular complexity index is 728. The topological polar surface area (TPSA) is 46.6 Å². The summed E-state index contributed by atoms with van der Waals surface area (Å²) < 4.78 is 31.7. The number of benzene rings is 1. The van der Waals surface area contributed by atoms with E-state index >= 15 is 0 Å². The van der Waals surface area contributed by atoms with Crippen LogP contribution in [0.3, 0.4) is 0 Å². The summed E-state index contributed by atoms with van der Waals surface area (Å²) in [6.07, 6.45) is 4.01. The number of rotatable bonds is 4. The summed E-state index contributed by atoms with van der Waals surface area (Å²) in [4.78, 5) is 1.51. The third-order valence-electron chi connectivity index (χ3n) is 3.47. The van der Waals surface area contributed by atoms with Gasteiger partial charge in [0.25, 0.3) is 0 Å². The van der Waals surface area contributed by atoms with Crippen molar-refractivity contribution in [2.75, 3.05) is 26.3 Å². The average molecular weight is 335 g/mol. The number of hydrogen-bond acceptors (Lipinski definition) is 4. The Hall–Kier alpha value is -1.47. The maximum Gasteiger partial charge on any atom is 0.243 e. The number of hydrogen-bond donors (Lipinski definition) is 0. The molecule has 116 valence electrons. The SMILES string of the molecule is O=S(=O)(c1ccc(/C=C/c2cccs2)cc1)N1CCOCC1. The Morgan fingerprint density at radius 3 is 2.41 bits per heavy atom. The highest BCUT2D eigenvalue weighted by molar-refractivity contribution is 7.89. The van der Waals surface area contributed by atoms with Crippen LogP contribution in [-0.2, 0) is 14.8 Å². The van der Waals surface area contributed by atoms with E-state index in [0.717, 1.165) is 5.56 Å². The smallest absolute Gasteiger partial charge is 0.243 e. The maximum absolute atomic E-state index is 12.5. The number of nitrogens with zero attached hydrogens (tertiary/aromatic N) is 1. The Balaban J connectivity index is 1.76. The summed E-state index contributed by atoms with van der Waals surface area (Å²) in [7, 11) is -3.41. The lowest BCUT2D eigenvalue weighted by molar-refractivity contribution is 0.0730. The van der Waals surface area contributed by atoms with Gasteiger partial charge in [0, 0.05) is 18.0 Å². The molecule has 0 unspecified atom stereocenters. The summed E-state index contributed by atoms with van der Waals surface area (Å²) in [6.45, 7) is 1.76. The van der Waals surface area contributed by atoms with Crippen LogP contribution in [0.15, 0.2) is 46.7 Å². The lowest BCUT2D eigenvalue weighted by Gasteiger charge is -2.26. The Kier molecular flexibility index (Phi) is 4.73. The first-order chi connectivity index (χ1) is 10.7. The van der Waals surface area contributed by atoms with Crippen molar-refractivity contribution in [1.29, 1.82) is 0 Å². The Morgan fingerprint density at radius 1 is 1.05 bits per heavy atom. The first-order valence-electron chi connectivity index (χ1n) is 7.06. The van der Waals surface area contributed by atoms with Gasteiger partial charge >= 0.3 is 0 Å². The number of morpholine rings is 1. The lowest BCUT2D eigenvalue weighted by Crippen LogP contribution is -2.40. The minimum absolute atomic E-state index is 0.336. The molecule has 1 aromatic carbocycles. The van der Waals surface area contributed by atoms with Crippen molar-refractivity contribution < 1.29 is 13.2 Å². The van der Waals surface area contributed by atoms with Crippen LogP contribution in [0, 0.1) is 0 Å². The van der Waals surface area contributed by atoms with Crippen LogP contribution >= 0.6 is 11.3 Å². The van der Waals surface area contributed by atoms with Crippen LogP contribution in [-0.4, -0.2) is 39.0 Å². The minimum Gasteiger partial charge on any atom is -0.379 e. The molecule has 4 nitrogen and oxygen atoms in total. The van der Waals surface area contributed by atoms with E-state index in [1.165, 1.54) is 9.18 Å². The summed E-state index contributed by atoms with van der Waals surface area (Å²) in [5.41, 5.74) is 0.981. The zero-order valence-corrected chi connectivity index (χ0v) is 13.6. The molecule has 0 N–H and O–H groups in total. The second kappa shape index (κ2) is 6.75. The predicted molar refractivity (Wildman–Crippen MR) is 89.3 cm³/mol. The van der Waals surface area contributed by atoms with Crippen molar-refractivity contribution in [3.8, 4) is 0 Å². The quantitative estimate of drug-likeness (QED) is 0.863. The lowest BCUT2D eigenvalue weighted by atomic mass is 10.2. The van der Waals surface area contributed by atoms with Gasteiger partial charge in [0.2, 0.25) is 10.0 Å². The van der Waals surface area contributed by atoms with Crippen LogP contribution in [0.4, 0.5) is 0 Å². The molecule has 0 bridgehead atoms. The largest absolute Gasteiger partial charge is 0.379 e. The molecule has 0 radical (unpaired) electrons. The van der Waals surface area contributed by atoms with Gasteiger partial charge in [-0.25, -0.2) is 8.42 Å². The normalized spacial score (nSPS) is 17.1. The van der Waals surface area contributed by atoms with Gasteiger partial charge in [0.15, 0.2) is 0 Å². The molecular formula is C16H17NO3S2. The third kappa shape index (κ3) is 3.47. The molecule has 1 aliphatic rings. The van der Waals surface area contributed by atoms with Gasteiger partial charge in [-0.05, 0) is 35.2 Å². The Labute approximate surface area is 134 Å². The zero-order chi connectivity index (χ0) is 15.4. The number of ether oxygens (including phenoxy) is 1. The van der Waals surface area contributed by atoms with Crippen molar-refractivity contribution in [3.05, 3.63) is 52.2 Å². The van der Waals surface area contributed by atoms with Gasteiger partial charge < -0.3 is 4.74 Å². The van der Waals surface area contributed by atoms with Gasteiger partial charge in [-0.3, -0.25) is 0 Å². The van der Waals surface area contributed by atoms with Gasteiger partial charge in [-0.15, -0.1) is 11.3 Å². The van der Waals surface area contributed by atoms with E-state index in [4.69, 9.17) is 4.74 Å². The molecule has 22 heavy (non-hydrogen) atoms. The second-order valence-electron chi connectivity index (χ2n) is 4.93. The molecule has 3 rings (SSSR count). The number of sulfonamides is 1. The van der Waals surface area contributed by atoms with Crippen molar-refractivity contribution in [1.82, 2.24) is 4.31 Å². The van der Waals surface area contributed by atoms with Crippen molar-refractivity contribution in [3.63, 3.8) is 0 Å². The second-order valence-corrected chi connectivity index (χ2v) is 7.85. The zero-order valence-electron chi connectivity index (χ0n) is 12.0. The predicted octanol–water partition coefficient (Wildman–Crippen LogP) is 2.94. The van der Waals surface area contributed by atoms with Crippen molar-refractivity contribution in [2.45, 2.75) is 4.90 Å². The van der Waals surface area contributed by atoms with Gasteiger partial charge in [0.1, 0.15) is 0 Å². The first-order valence-corrected chi connectivity index (χ1v) is 9.38. The fourth-order valence-corrected chi connectivity index (χ4v) is 4.28. The molecule has 2 heterocycles. The molecular weight excluding hydrogens is 318 g/mol. The molecule has 2 aromatic rings. The first kappa shape index (κ1) is 15.4. The minimum atomic E-state index is -3.41. The van der Waals surface area contributed by atoms with Gasteiger partial charge in [0.05, 0.1) is 18.1 Å². The van der Waals surface area contributed by atoms with Crippen LogP contribution < -0.4 is 0 Å². The van der Waals surface area contributed by atoms with Crippen LogP contribution in [0.2, 0.25) is 0 Å². The number of thiophene rings is 1. The van der Waals surface area contributed by atoms with Crippen molar-refractivity contribution >= 4 is 33.5 Å². The highest BCUT2D eigenvalue weighted by Crippen LogP contribution is 2.19. The molecule has 0 spiro atoms. The van der Waals surface area contributed by atoms with E-state index < -0.39 is 10.0 Å². The molecule has 0 saturated carbocycles. The molecule has 1 aromatic heterocycles. The monoisotopic (exact) mass is 335 g/mol. The van der Waals surface area contributed by atoms with E-state index in [0.29, 0.717) is 31.2 Å². The van der Waals surface area contributed by atoms with E-state index in [1.807, 2.05) is 41.8 Å². The third-order valence-corrected chi connectivity index (χ3v) is 6.22. The van der Waals surface area contributed by atoms with E-state index in [-0.39, 0.29) is 0 Å². The molecule has 0 aliphatic carbocycles. The van der Waals surface area contributed by atoms with Crippen molar-refractivity contribution in [2.24, 2.45) is 0 Å². The molecule has 0 atom stereocenters. The van der Waals surface area contributed by atoms with Crippen LogP contribution in [0.1, 0.15) is 10.4 Å². The summed E-state index contributed by atoms with van der Waals surface area (Å²) in [5, 5.41) is 2.03. The molecule has 0 amide bonds. The van der Waals surface area contributed by atoms with E-state index in [1.54, 1.807) is 23.5 Å². The summed E-state index contributed by atoms with van der Waals surface area (Å²) in [6, 6.07) is 11.0. The van der Waals surface area contributed by atoms with E-state index in [9.17, 15) is 8.42 Å². The Morgan fingerprint density at radius 2 is 1.77 bits per heavy atom. The highest BCUT2D eigenvalue weighted by Gasteiger charge is 2.25. The van der Waals surface area contributed by atoms with Crippen LogP contribution in [0.25, 0.3) is 12.2 Å². The highest BCUT2D eigenvalue weighted by atomic mass is 32.2. The summed E-state index contributed by atoms with van der Waals surface area (Å²) >= 11 is 1.67. The van der Waals surface area contributed by atoms with Crippen LogP contribution in [0.5, 0.6) is 0 Å². The molecule has 6 heteroatoms. The molecule has 1 aliphatic heterocycles. The van der Waals surface area contributed by atoms with Gasteiger partial charge in [-0.2, -0.15) is 4.31 Å².